The van der Waals surface area contributed by atoms with Gasteiger partial charge in [-0.15, -0.1) is 0 Å². The van der Waals surface area contributed by atoms with Crippen LogP contribution >= 0.6 is 0 Å². The van der Waals surface area contributed by atoms with Crippen molar-refractivity contribution < 1.29 is 14.2 Å². The van der Waals surface area contributed by atoms with Gasteiger partial charge in [0.05, 0.1) is 5.60 Å². The monoisotopic (exact) mass is 295 g/mol. The Bertz CT molecular complexity index is 456. The molecule has 21 heavy (non-hydrogen) atoms. The highest BCUT2D eigenvalue weighted by atomic mass is 19.1. The number of rotatable bonds is 6. The fraction of sp³-hybridized carbons (Fsp3) is 0.647. The van der Waals surface area contributed by atoms with Gasteiger partial charge in [-0.3, -0.25) is 0 Å². The molecule has 4 heteroatoms. The smallest absolute Gasteiger partial charge is 0.127 e. The van der Waals surface area contributed by atoms with Gasteiger partial charge in [-0.2, -0.15) is 0 Å². The lowest BCUT2D eigenvalue weighted by atomic mass is 9.85. The first-order chi connectivity index (χ1) is 9.97. The van der Waals surface area contributed by atoms with E-state index in [4.69, 9.17) is 4.74 Å². The van der Waals surface area contributed by atoms with Gasteiger partial charge in [0.15, 0.2) is 0 Å². The summed E-state index contributed by atoms with van der Waals surface area (Å²) in [5, 5.41) is 13.7. The first kappa shape index (κ1) is 16.2. The molecule has 2 N–H and O–H groups in total. The summed E-state index contributed by atoms with van der Waals surface area (Å²) in [7, 11) is 0. The third kappa shape index (κ3) is 5.29. The Hall–Kier alpha value is -1.13. The average Bonchev–Trinajstić information content (AvgIpc) is 2.43. The van der Waals surface area contributed by atoms with E-state index in [0.717, 1.165) is 31.2 Å². The van der Waals surface area contributed by atoms with Gasteiger partial charge in [0, 0.05) is 18.7 Å². The predicted octanol–water partition coefficient (Wildman–Crippen LogP) is 3.40. The van der Waals surface area contributed by atoms with Crippen molar-refractivity contribution in [1.82, 2.24) is 5.32 Å². The van der Waals surface area contributed by atoms with E-state index in [9.17, 15) is 9.50 Å². The Morgan fingerprint density at radius 2 is 1.95 bits per heavy atom. The van der Waals surface area contributed by atoms with E-state index in [1.165, 1.54) is 18.6 Å². The first-order valence-corrected chi connectivity index (χ1v) is 7.85. The van der Waals surface area contributed by atoms with E-state index in [1.54, 1.807) is 0 Å². The highest BCUT2D eigenvalue weighted by molar-refractivity contribution is 5.29. The second kappa shape index (κ2) is 7.23. The summed E-state index contributed by atoms with van der Waals surface area (Å²) < 4.78 is 19.3. The number of benzene rings is 1. The van der Waals surface area contributed by atoms with Crippen molar-refractivity contribution in [2.24, 2.45) is 0 Å². The SMILES string of the molecule is CC(C)NCc1cc(F)cc(OCC2(O)CCCCC2)c1. The van der Waals surface area contributed by atoms with Crippen LogP contribution < -0.4 is 10.1 Å². The third-order valence-electron chi connectivity index (χ3n) is 3.94. The van der Waals surface area contributed by atoms with Gasteiger partial charge in [-0.05, 0) is 30.5 Å². The van der Waals surface area contributed by atoms with Crippen molar-refractivity contribution in [2.75, 3.05) is 6.61 Å². The fourth-order valence-corrected chi connectivity index (χ4v) is 2.70. The van der Waals surface area contributed by atoms with Crippen molar-refractivity contribution in [2.45, 2.75) is 64.1 Å². The highest BCUT2D eigenvalue weighted by Crippen LogP contribution is 2.29. The molecule has 1 fully saturated rings. The molecule has 0 spiro atoms. The van der Waals surface area contributed by atoms with Crippen molar-refractivity contribution in [3.8, 4) is 5.75 Å². The molecule has 0 amide bonds. The van der Waals surface area contributed by atoms with E-state index in [1.807, 2.05) is 6.07 Å². The molecular weight excluding hydrogens is 269 g/mol. The Balaban J connectivity index is 1.95. The second-order valence-corrected chi connectivity index (χ2v) is 6.40. The minimum Gasteiger partial charge on any atom is -0.490 e. The zero-order valence-electron chi connectivity index (χ0n) is 13.0. The maximum Gasteiger partial charge on any atom is 0.127 e. The molecule has 0 bridgehead atoms. The van der Waals surface area contributed by atoms with Gasteiger partial charge in [0.25, 0.3) is 0 Å². The largest absolute Gasteiger partial charge is 0.490 e. The Labute approximate surface area is 126 Å². The van der Waals surface area contributed by atoms with E-state index in [-0.39, 0.29) is 12.4 Å². The molecule has 1 aromatic carbocycles. The van der Waals surface area contributed by atoms with Crippen LogP contribution in [-0.2, 0) is 6.54 Å². The molecule has 0 saturated heterocycles. The van der Waals surface area contributed by atoms with E-state index in [2.05, 4.69) is 19.2 Å². The molecule has 2 rings (SSSR count). The van der Waals surface area contributed by atoms with Crippen LogP contribution in [0.4, 0.5) is 4.39 Å². The average molecular weight is 295 g/mol. The van der Waals surface area contributed by atoms with E-state index in [0.29, 0.717) is 18.3 Å². The van der Waals surface area contributed by atoms with Crippen LogP contribution in [0, 0.1) is 5.82 Å². The lowest BCUT2D eigenvalue weighted by Gasteiger charge is -2.31. The van der Waals surface area contributed by atoms with Crippen LogP contribution in [0.1, 0.15) is 51.5 Å². The van der Waals surface area contributed by atoms with Crippen molar-refractivity contribution in [1.29, 1.82) is 0 Å². The molecule has 0 radical (unpaired) electrons. The summed E-state index contributed by atoms with van der Waals surface area (Å²) in [5.74, 6) is 0.193. The van der Waals surface area contributed by atoms with Crippen molar-refractivity contribution in [3.63, 3.8) is 0 Å². The zero-order valence-corrected chi connectivity index (χ0v) is 13.0. The number of aliphatic hydroxyl groups is 1. The Morgan fingerprint density at radius 1 is 1.24 bits per heavy atom. The third-order valence-corrected chi connectivity index (χ3v) is 3.94. The predicted molar refractivity (Wildman–Crippen MR) is 81.9 cm³/mol. The molecule has 0 aromatic heterocycles. The minimum absolute atomic E-state index is 0.244. The minimum atomic E-state index is -0.749. The number of hydrogen-bond donors (Lipinski definition) is 2. The second-order valence-electron chi connectivity index (χ2n) is 6.40. The molecule has 0 heterocycles. The molecule has 0 atom stereocenters. The lowest BCUT2D eigenvalue weighted by Crippen LogP contribution is -2.37. The van der Waals surface area contributed by atoms with Gasteiger partial charge in [0.2, 0.25) is 0 Å². The number of nitrogens with one attached hydrogen (secondary N) is 1. The van der Waals surface area contributed by atoms with E-state index < -0.39 is 5.60 Å². The van der Waals surface area contributed by atoms with Crippen LogP contribution in [0.3, 0.4) is 0 Å². The molecule has 1 aliphatic rings. The topological polar surface area (TPSA) is 41.5 Å². The van der Waals surface area contributed by atoms with Gasteiger partial charge in [-0.25, -0.2) is 4.39 Å². The summed E-state index contributed by atoms with van der Waals surface area (Å²) in [4.78, 5) is 0. The fourth-order valence-electron chi connectivity index (χ4n) is 2.70. The van der Waals surface area contributed by atoms with Gasteiger partial charge in [-0.1, -0.05) is 33.1 Å². The lowest BCUT2D eigenvalue weighted by molar-refractivity contribution is -0.0339. The van der Waals surface area contributed by atoms with Crippen LogP contribution in [0.25, 0.3) is 0 Å². The Kier molecular flexibility index (Phi) is 5.59. The first-order valence-electron chi connectivity index (χ1n) is 7.85. The summed E-state index contributed by atoms with van der Waals surface area (Å²) in [6, 6.07) is 5.08. The van der Waals surface area contributed by atoms with Crippen LogP contribution in [0.15, 0.2) is 18.2 Å². The number of hydrogen-bond acceptors (Lipinski definition) is 3. The Morgan fingerprint density at radius 3 is 2.62 bits per heavy atom. The highest BCUT2D eigenvalue weighted by Gasteiger charge is 2.30. The normalized spacial score (nSPS) is 18.0. The molecule has 1 aliphatic carbocycles. The summed E-state index contributed by atoms with van der Waals surface area (Å²) in [5.41, 5.74) is 0.107. The molecule has 0 unspecified atom stereocenters. The van der Waals surface area contributed by atoms with Crippen LogP contribution in [0.5, 0.6) is 5.75 Å². The van der Waals surface area contributed by atoms with Crippen LogP contribution in [0.2, 0.25) is 0 Å². The molecule has 0 aliphatic heterocycles. The number of ether oxygens (including phenoxy) is 1. The summed E-state index contributed by atoms with van der Waals surface area (Å²) in [6.45, 7) is 4.95. The van der Waals surface area contributed by atoms with Gasteiger partial charge >= 0.3 is 0 Å². The summed E-state index contributed by atoms with van der Waals surface area (Å²) >= 11 is 0. The van der Waals surface area contributed by atoms with Crippen molar-refractivity contribution >= 4 is 0 Å². The zero-order chi connectivity index (χ0) is 15.3. The summed E-state index contributed by atoms with van der Waals surface area (Å²) in [6.07, 6.45) is 4.78. The standard InChI is InChI=1S/C17H26FNO2/c1-13(2)19-11-14-8-15(18)10-16(9-14)21-12-17(20)6-4-3-5-7-17/h8-10,13,19-20H,3-7,11-12H2,1-2H3. The van der Waals surface area contributed by atoms with Crippen molar-refractivity contribution in [3.05, 3.63) is 29.6 Å². The number of halogens is 1. The van der Waals surface area contributed by atoms with Gasteiger partial charge in [0.1, 0.15) is 18.2 Å². The maximum absolute atomic E-state index is 13.6. The van der Waals surface area contributed by atoms with Gasteiger partial charge < -0.3 is 15.2 Å². The molecular formula is C17H26FNO2. The molecule has 1 saturated carbocycles. The molecule has 3 nitrogen and oxygen atoms in total. The quantitative estimate of drug-likeness (QED) is 0.845. The molecule has 1 aromatic rings. The van der Waals surface area contributed by atoms with E-state index >= 15 is 0 Å². The maximum atomic E-state index is 13.6. The van der Waals surface area contributed by atoms with Crippen LogP contribution in [-0.4, -0.2) is 23.4 Å². The molecule has 118 valence electrons.